The van der Waals surface area contributed by atoms with E-state index in [1.807, 2.05) is 78.9 Å². The maximum atomic E-state index is 13.4. The van der Waals surface area contributed by atoms with Gasteiger partial charge in [0.15, 0.2) is 16.6 Å². The summed E-state index contributed by atoms with van der Waals surface area (Å²) >= 11 is 2.67. The number of para-hydroxylation sites is 2. The number of hydrogen-bond donors (Lipinski definition) is 2. The Morgan fingerprint density at radius 3 is 2.42 bits per heavy atom. The number of nitrogens with one attached hydrogen (secondary N) is 1. The van der Waals surface area contributed by atoms with E-state index < -0.39 is 0 Å². The Kier molecular flexibility index (Phi) is 6.15. The highest BCUT2D eigenvalue weighted by Crippen LogP contribution is 2.46. The zero-order valence-corrected chi connectivity index (χ0v) is 22.2. The van der Waals surface area contributed by atoms with Crippen molar-refractivity contribution >= 4 is 59.8 Å². The number of hydrogen-bond acceptors (Lipinski definition) is 8. The monoisotopic (exact) mass is 538 g/mol. The SMILES string of the molecule is COc1cccc(-c2cc(-c3ccccc3)nc3sc(C(=O)Nc4nc5ccccc5s4)c(N)c23)c1OC. The molecule has 38 heavy (non-hydrogen) atoms. The van der Waals surface area contributed by atoms with Crippen molar-refractivity contribution in [1.29, 1.82) is 0 Å². The van der Waals surface area contributed by atoms with Crippen LogP contribution in [0.25, 0.3) is 42.8 Å². The lowest BCUT2D eigenvalue weighted by Gasteiger charge is -2.15. The molecule has 0 fully saturated rings. The van der Waals surface area contributed by atoms with Crippen LogP contribution in [0.1, 0.15) is 9.67 Å². The van der Waals surface area contributed by atoms with Crippen LogP contribution in [0.3, 0.4) is 0 Å². The molecule has 6 aromatic rings. The first-order valence-corrected chi connectivity index (χ1v) is 13.4. The van der Waals surface area contributed by atoms with Crippen molar-refractivity contribution in [2.24, 2.45) is 0 Å². The summed E-state index contributed by atoms with van der Waals surface area (Å²) in [6.45, 7) is 0. The van der Waals surface area contributed by atoms with Gasteiger partial charge in [-0.15, -0.1) is 11.3 Å². The van der Waals surface area contributed by atoms with Crippen LogP contribution in [0.4, 0.5) is 10.8 Å². The van der Waals surface area contributed by atoms with Gasteiger partial charge in [-0.3, -0.25) is 10.1 Å². The number of thiophene rings is 1. The highest BCUT2D eigenvalue weighted by molar-refractivity contribution is 7.23. The molecule has 3 heterocycles. The number of aromatic nitrogens is 2. The van der Waals surface area contributed by atoms with Gasteiger partial charge in [-0.2, -0.15) is 0 Å². The number of ether oxygens (including phenoxy) is 2. The number of fused-ring (bicyclic) bond motifs is 2. The van der Waals surface area contributed by atoms with Crippen molar-refractivity contribution < 1.29 is 14.3 Å². The summed E-state index contributed by atoms with van der Waals surface area (Å²) in [7, 11) is 3.20. The summed E-state index contributed by atoms with van der Waals surface area (Å²) in [6, 6.07) is 25.3. The molecule has 0 aliphatic rings. The van der Waals surface area contributed by atoms with Gasteiger partial charge in [0.1, 0.15) is 9.71 Å². The summed E-state index contributed by atoms with van der Waals surface area (Å²) in [5.74, 6) is 0.848. The molecule has 0 bridgehead atoms. The summed E-state index contributed by atoms with van der Waals surface area (Å²) in [6.07, 6.45) is 0. The molecule has 0 aliphatic carbocycles. The van der Waals surface area contributed by atoms with Crippen molar-refractivity contribution in [2.45, 2.75) is 0 Å². The Morgan fingerprint density at radius 2 is 1.66 bits per heavy atom. The Morgan fingerprint density at radius 1 is 0.868 bits per heavy atom. The van der Waals surface area contributed by atoms with E-state index in [0.717, 1.165) is 32.6 Å². The minimum atomic E-state index is -0.325. The van der Waals surface area contributed by atoms with Crippen LogP contribution >= 0.6 is 22.7 Å². The molecule has 0 spiro atoms. The number of rotatable bonds is 6. The number of thiazole rings is 1. The van der Waals surface area contributed by atoms with Crippen molar-refractivity contribution in [3.63, 3.8) is 0 Å². The van der Waals surface area contributed by atoms with E-state index >= 15 is 0 Å². The number of carbonyl (C=O) groups is 1. The van der Waals surface area contributed by atoms with Crippen molar-refractivity contribution in [1.82, 2.24) is 9.97 Å². The average Bonchev–Trinajstić information content (AvgIpc) is 3.52. The van der Waals surface area contributed by atoms with E-state index in [1.54, 1.807) is 14.2 Å². The Bertz CT molecular complexity index is 1780. The molecule has 188 valence electrons. The molecule has 3 aromatic carbocycles. The van der Waals surface area contributed by atoms with E-state index in [2.05, 4.69) is 10.3 Å². The second kappa shape index (κ2) is 9.77. The fourth-order valence-corrected chi connectivity index (χ4v) is 6.31. The molecule has 3 aromatic heterocycles. The van der Waals surface area contributed by atoms with Crippen LogP contribution < -0.4 is 20.5 Å². The minimum Gasteiger partial charge on any atom is -0.493 e. The molecular formula is C29H22N4O3S2. The van der Waals surface area contributed by atoms with Gasteiger partial charge in [-0.25, -0.2) is 9.97 Å². The largest absolute Gasteiger partial charge is 0.493 e. The number of anilines is 2. The molecule has 0 saturated heterocycles. The third-order valence-electron chi connectivity index (χ3n) is 6.18. The fourth-order valence-electron chi connectivity index (χ4n) is 4.44. The number of nitrogens with two attached hydrogens (primary N) is 1. The third kappa shape index (κ3) is 4.11. The molecule has 1 amide bonds. The topological polar surface area (TPSA) is 99.4 Å². The predicted octanol–water partition coefficient (Wildman–Crippen LogP) is 7.09. The number of nitrogen functional groups attached to an aromatic ring is 1. The van der Waals surface area contributed by atoms with Crippen LogP contribution in [0.5, 0.6) is 11.5 Å². The molecular weight excluding hydrogens is 516 g/mol. The first kappa shape index (κ1) is 23.9. The Hall–Kier alpha value is -4.47. The van der Waals surface area contributed by atoms with E-state index in [1.165, 1.54) is 22.7 Å². The summed E-state index contributed by atoms with van der Waals surface area (Å²) in [4.78, 5) is 23.9. The Labute approximate surface area is 226 Å². The summed E-state index contributed by atoms with van der Waals surface area (Å²) in [5.41, 5.74) is 11.2. The van der Waals surface area contributed by atoms with Gasteiger partial charge >= 0.3 is 0 Å². The fraction of sp³-hybridized carbons (Fsp3) is 0.0690. The number of nitrogens with zero attached hydrogens (tertiary/aromatic N) is 2. The van der Waals surface area contributed by atoms with Crippen LogP contribution in [-0.4, -0.2) is 30.1 Å². The first-order chi connectivity index (χ1) is 18.6. The standard InChI is InChI=1S/C29H22N4O3S2/c1-35-21-13-8-11-17(25(21)36-2)18-15-20(16-9-4-3-5-10-16)31-28-23(18)24(30)26(38-28)27(34)33-29-32-19-12-6-7-14-22(19)37-29/h3-15H,30H2,1-2H3,(H,32,33,34). The van der Waals surface area contributed by atoms with Gasteiger partial charge in [0.2, 0.25) is 0 Å². The summed E-state index contributed by atoms with van der Waals surface area (Å²) in [5, 5.41) is 4.13. The molecule has 3 N–H and O–H groups in total. The smallest absolute Gasteiger partial charge is 0.269 e. The Balaban J connectivity index is 1.53. The van der Waals surface area contributed by atoms with Gasteiger partial charge in [-0.05, 0) is 24.3 Å². The zero-order valence-electron chi connectivity index (χ0n) is 20.5. The van der Waals surface area contributed by atoms with Gasteiger partial charge in [0.05, 0.1) is 35.8 Å². The second-order valence-electron chi connectivity index (χ2n) is 8.43. The van der Waals surface area contributed by atoms with Crippen LogP contribution in [0.15, 0.2) is 78.9 Å². The predicted molar refractivity (Wildman–Crippen MR) is 156 cm³/mol. The first-order valence-electron chi connectivity index (χ1n) is 11.7. The quantitative estimate of drug-likeness (QED) is 0.235. The van der Waals surface area contributed by atoms with Gasteiger partial charge in [0.25, 0.3) is 5.91 Å². The van der Waals surface area contributed by atoms with Crippen LogP contribution in [0, 0.1) is 0 Å². The highest BCUT2D eigenvalue weighted by Gasteiger charge is 2.24. The third-order valence-corrected chi connectivity index (χ3v) is 8.23. The normalized spacial score (nSPS) is 11.1. The lowest BCUT2D eigenvalue weighted by molar-refractivity contribution is 0.103. The van der Waals surface area contributed by atoms with E-state index in [0.29, 0.717) is 37.4 Å². The number of methoxy groups -OCH3 is 2. The molecule has 7 nitrogen and oxygen atoms in total. The van der Waals surface area contributed by atoms with Crippen molar-refractivity contribution in [3.05, 3.63) is 83.7 Å². The second-order valence-corrected chi connectivity index (χ2v) is 10.5. The molecule has 0 unspecified atom stereocenters. The molecule has 0 saturated carbocycles. The van der Waals surface area contributed by atoms with Crippen LogP contribution in [-0.2, 0) is 0 Å². The minimum absolute atomic E-state index is 0.325. The number of carbonyl (C=O) groups excluding carboxylic acids is 1. The van der Waals surface area contributed by atoms with Crippen LogP contribution in [0.2, 0.25) is 0 Å². The molecule has 9 heteroatoms. The van der Waals surface area contributed by atoms with Crippen molar-refractivity contribution in [2.75, 3.05) is 25.3 Å². The van der Waals surface area contributed by atoms with Gasteiger partial charge < -0.3 is 15.2 Å². The number of benzene rings is 3. The molecule has 0 radical (unpaired) electrons. The maximum absolute atomic E-state index is 13.4. The lowest BCUT2D eigenvalue weighted by atomic mass is 9.98. The van der Waals surface area contributed by atoms with E-state index in [9.17, 15) is 4.79 Å². The zero-order chi connectivity index (χ0) is 26.2. The number of amides is 1. The van der Waals surface area contributed by atoms with E-state index in [4.69, 9.17) is 20.2 Å². The van der Waals surface area contributed by atoms with E-state index in [-0.39, 0.29) is 5.91 Å². The van der Waals surface area contributed by atoms with Gasteiger partial charge in [-0.1, -0.05) is 65.9 Å². The van der Waals surface area contributed by atoms with Crippen molar-refractivity contribution in [3.8, 4) is 33.9 Å². The highest BCUT2D eigenvalue weighted by atomic mass is 32.1. The molecule has 0 atom stereocenters. The number of pyridine rings is 1. The van der Waals surface area contributed by atoms with Gasteiger partial charge in [0, 0.05) is 22.1 Å². The molecule has 0 aliphatic heterocycles. The maximum Gasteiger partial charge on any atom is 0.269 e. The average molecular weight is 539 g/mol. The molecule has 6 rings (SSSR count). The summed E-state index contributed by atoms with van der Waals surface area (Å²) < 4.78 is 12.3. The lowest BCUT2D eigenvalue weighted by Crippen LogP contribution is -2.11.